The molecular weight excluding hydrogens is 400 g/mol. The first kappa shape index (κ1) is 20.3. The average Bonchev–Trinajstić information content (AvgIpc) is 3.14. The number of aliphatic imine (C=N–C) groups is 1. The molecule has 0 saturated heterocycles. The Morgan fingerprint density at radius 1 is 1.12 bits per heavy atom. The zero-order valence-electron chi connectivity index (χ0n) is 18.7. The molecule has 0 radical (unpaired) electrons. The van der Waals surface area contributed by atoms with Gasteiger partial charge in [0.05, 0.1) is 6.21 Å². The van der Waals surface area contributed by atoms with Gasteiger partial charge in [-0.3, -0.25) is 4.99 Å². The Hall–Kier alpha value is -3.60. The number of esters is 1. The Labute approximate surface area is 187 Å². The molecular formula is C27H26N2O3. The van der Waals surface area contributed by atoms with Gasteiger partial charge in [0.1, 0.15) is 11.8 Å². The summed E-state index contributed by atoms with van der Waals surface area (Å²) < 4.78 is 12.5. The zero-order chi connectivity index (χ0) is 22.5. The molecule has 0 fully saturated rings. The normalized spacial score (nSPS) is 19.0. The monoisotopic (exact) mass is 426 g/mol. The Morgan fingerprint density at radius 3 is 2.66 bits per heavy atom. The van der Waals surface area contributed by atoms with Gasteiger partial charge in [-0.2, -0.15) is 0 Å². The second kappa shape index (κ2) is 7.52. The van der Waals surface area contributed by atoms with Crippen molar-refractivity contribution < 1.29 is 14.3 Å². The van der Waals surface area contributed by atoms with Gasteiger partial charge in [-0.1, -0.05) is 48.0 Å². The highest BCUT2D eigenvalue weighted by atomic mass is 16.5. The van der Waals surface area contributed by atoms with E-state index in [-0.39, 0.29) is 5.97 Å². The fraction of sp³-hybridized carbons (Fsp3) is 0.259. The molecule has 5 rings (SSSR count). The Kier molecular flexibility index (Phi) is 4.77. The first-order valence-electron chi connectivity index (χ1n) is 10.9. The summed E-state index contributed by atoms with van der Waals surface area (Å²) >= 11 is 0. The van der Waals surface area contributed by atoms with E-state index >= 15 is 0 Å². The molecule has 2 atom stereocenters. The smallest absolute Gasteiger partial charge is 0.334 e. The lowest BCUT2D eigenvalue weighted by Crippen LogP contribution is -2.46. The molecule has 3 aromatic carbocycles. The average molecular weight is 427 g/mol. The van der Waals surface area contributed by atoms with Crippen molar-refractivity contribution in [2.24, 2.45) is 4.99 Å². The summed E-state index contributed by atoms with van der Waals surface area (Å²) in [5.74, 6) is 0.335. The third-order valence-electron chi connectivity index (χ3n) is 6.29. The van der Waals surface area contributed by atoms with Crippen molar-refractivity contribution >= 4 is 34.3 Å². The molecule has 162 valence electrons. The lowest BCUT2D eigenvalue weighted by atomic mass is 9.98. The number of allylic oxidation sites excluding steroid dienone is 1. The quantitative estimate of drug-likeness (QED) is 0.397. The number of benzene rings is 3. The number of ether oxygens (including phenoxy) is 2. The number of hydrogen-bond acceptors (Lipinski definition) is 5. The minimum Gasteiger partial charge on any atom is -0.460 e. The van der Waals surface area contributed by atoms with Crippen LogP contribution >= 0.6 is 0 Å². The first-order valence-corrected chi connectivity index (χ1v) is 10.9. The second-order valence-electron chi connectivity index (χ2n) is 8.75. The van der Waals surface area contributed by atoms with Crippen molar-refractivity contribution in [1.29, 1.82) is 0 Å². The maximum Gasteiger partial charge on any atom is 0.334 e. The highest BCUT2D eigenvalue weighted by molar-refractivity contribution is 6.00. The number of para-hydroxylation sites is 1. The highest BCUT2D eigenvalue weighted by Gasteiger charge is 2.41. The van der Waals surface area contributed by atoms with Gasteiger partial charge in [-0.15, -0.1) is 0 Å². The van der Waals surface area contributed by atoms with Crippen LogP contribution in [0.1, 0.15) is 44.9 Å². The predicted molar refractivity (Wildman–Crippen MR) is 128 cm³/mol. The van der Waals surface area contributed by atoms with Crippen LogP contribution in [0.3, 0.4) is 0 Å². The molecule has 0 amide bonds. The molecule has 32 heavy (non-hydrogen) atoms. The van der Waals surface area contributed by atoms with E-state index in [1.54, 1.807) is 6.92 Å². The number of nitrogens with zero attached hydrogens (tertiary/aromatic N) is 1. The molecule has 2 aliphatic heterocycles. The summed E-state index contributed by atoms with van der Waals surface area (Å²) in [6.45, 7) is 7.48. The van der Waals surface area contributed by atoms with Crippen LogP contribution < -0.4 is 10.1 Å². The van der Waals surface area contributed by atoms with Crippen molar-refractivity contribution in [3.63, 3.8) is 0 Å². The molecule has 2 heterocycles. The topological polar surface area (TPSA) is 59.9 Å². The lowest BCUT2D eigenvalue weighted by molar-refractivity contribution is -0.143. The van der Waals surface area contributed by atoms with Crippen LogP contribution in [0.25, 0.3) is 10.8 Å². The molecule has 3 aromatic rings. The van der Waals surface area contributed by atoms with Crippen molar-refractivity contribution in [1.82, 2.24) is 0 Å². The number of anilines is 1. The zero-order valence-corrected chi connectivity index (χ0v) is 18.7. The van der Waals surface area contributed by atoms with Crippen LogP contribution in [0.4, 0.5) is 11.4 Å². The van der Waals surface area contributed by atoms with Crippen LogP contribution in [-0.2, 0) is 16.0 Å². The molecule has 1 spiro atoms. The molecule has 0 aliphatic carbocycles. The van der Waals surface area contributed by atoms with Crippen LogP contribution in [0.15, 0.2) is 70.7 Å². The van der Waals surface area contributed by atoms with Crippen LogP contribution in [-0.4, -0.2) is 17.9 Å². The van der Waals surface area contributed by atoms with E-state index in [9.17, 15) is 4.79 Å². The van der Waals surface area contributed by atoms with E-state index in [1.165, 1.54) is 5.56 Å². The van der Waals surface area contributed by atoms with Gasteiger partial charge < -0.3 is 14.8 Å². The molecule has 2 aliphatic rings. The van der Waals surface area contributed by atoms with Gasteiger partial charge in [-0.05, 0) is 50.8 Å². The highest BCUT2D eigenvalue weighted by Crippen LogP contribution is 2.48. The standard InChI is InChI=1S/C27H26N2O3/c1-16(2)17(3)26(30)31-18(4)22-13-19-9-5-7-11-21(19)24-25(22)32-27(15-28-24)14-20-10-6-8-12-23(20)29-27/h5-13,15,18,29H,14H2,1-4H3. The molecule has 0 saturated carbocycles. The van der Waals surface area contributed by atoms with E-state index in [1.807, 2.05) is 75.5 Å². The number of hydrogen-bond donors (Lipinski definition) is 1. The molecule has 1 N–H and O–H groups in total. The van der Waals surface area contributed by atoms with E-state index < -0.39 is 11.8 Å². The molecule has 0 bridgehead atoms. The van der Waals surface area contributed by atoms with Crippen molar-refractivity contribution in [3.8, 4) is 5.75 Å². The summed E-state index contributed by atoms with van der Waals surface area (Å²) in [6, 6.07) is 18.3. The Balaban J connectivity index is 1.58. The van der Waals surface area contributed by atoms with Gasteiger partial charge in [0, 0.05) is 28.6 Å². The van der Waals surface area contributed by atoms with Crippen LogP contribution in [0, 0.1) is 0 Å². The van der Waals surface area contributed by atoms with E-state index in [2.05, 4.69) is 11.4 Å². The molecule has 5 nitrogen and oxygen atoms in total. The van der Waals surface area contributed by atoms with Gasteiger partial charge >= 0.3 is 5.97 Å². The van der Waals surface area contributed by atoms with Gasteiger partial charge in [0.2, 0.25) is 5.72 Å². The summed E-state index contributed by atoms with van der Waals surface area (Å²) in [5, 5.41) is 5.53. The first-order chi connectivity index (χ1) is 15.4. The number of fused-ring (bicyclic) bond motifs is 4. The third kappa shape index (κ3) is 3.34. The summed E-state index contributed by atoms with van der Waals surface area (Å²) in [7, 11) is 0. The van der Waals surface area contributed by atoms with Gasteiger partial charge in [0.15, 0.2) is 5.75 Å². The van der Waals surface area contributed by atoms with Gasteiger partial charge in [0.25, 0.3) is 0 Å². The fourth-order valence-electron chi connectivity index (χ4n) is 4.25. The lowest BCUT2D eigenvalue weighted by Gasteiger charge is -2.33. The largest absolute Gasteiger partial charge is 0.460 e. The van der Waals surface area contributed by atoms with E-state index in [0.29, 0.717) is 17.7 Å². The minimum absolute atomic E-state index is 0.320. The third-order valence-corrected chi connectivity index (χ3v) is 6.29. The van der Waals surface area contributed by atoms with Crippen molar-refractivity contribution in [3.05, 3.63) is 76.9 Å². The van der Waals surface area contributed by atoms with Crippen LogP contribution in [0.5, 0.6) is 5.75 Å². The molecule has 0 aromatic heterocycles. The minimum atomic E-state index is -0.756. The maximum atomic E-state index is 12.6. The maximum absolute atomic E-state index is 12.6. The second-order valence-corrected chi connectivity index (χ2v) is 8.75. The van der Waals surface area contributed by atoms with Crippen molar-refractivity contribution in [2.75, 3.05) is 5.32 Å². The van der Waals surface area contributed by atoms with Gasteiger partial charge in [-0.25, -0.2) is 4.79 Å². The predicted octanol–water partition coefficient (Wildman–Crippen LogP) is 6.26. The fourth-order valence-corrected chi connectivity index (χ4v) is 4.25. The molecule has 5 heteroatoms. The van der Waals surface area contributed by atoms with Crippen molar-refractivity contribution in [2.45, 2.75) is 45.9 Å². The Morgan fingerprint density at radius 2 is 1.88 bits per heavy atom. The molecule has 2 unspecified atom stereocenters. The summed E-state index contributed by atoms with van der Waals surface area (Å²) in [6.07, 6.45) is 2.03. The van der Waals surface area contributed by atoms with E-state index in [4.69, 9.17) is 14.5 Å². The summed E-state index contributed by atoms with van der Waals surface area (Å²) in [4.78, 5) is 17.5. The summed E-state index contributed by atoms with van der Waals surface area (Å²) in [5.41, 5.74) is 4.61. The number of nitrogens with one attached hydrogen (secondary N) is 1. The number of rotatable bonds is 3. The number of carbonyl (C=O) groups excluding carboxylic acids is 1. The Bertz CT molecular complexity index is 1280. The SMILES string of the molecule is CC(C)=C(C)C(=O)OC(C)c1cc2ccccc2c2c1OC1(C=N2)Cc2ccccc2N1. The van der Waals surface area contributed by atoms with Crippen LogP contribution in [0.2, 0.25) is 0 Å². The van der Waals surface area contributed by atoms with E-state index in [0.717, 1.165) is 33.3 Å². The number of carbonyl (C=O) groups is 1.